The van der Waals surface area contributed by atoms with E-state index in [1.165, 1.54) is 5.56 Å². The zero-order chi connectivity index (χ0) is 17.8. The average molecular weight is 337 g/mol. The van der Waals surface area contributed by atoms with Crippen molar-refractivity contribution in [3.8, 4) is 0 Å². The molecule has 2 unspecified atom stereocenters. The Labute approximate surface area is 147 Å². The van der Waals surface area contributed by atoms with Crippen LogP contribution in [0.1, 0.15) is 34.5 Å². The van der Waals surface area contributed by atoms with Crippen molar-refractivity contribution in [2.24, 2.45) is 11.7 Å². The topological polar surface area (TPSA) is 75.4 Å². The second-order valence-electron chi connectivity index (χ2n) is 6.53. The summed E-state index contributed by atoms with van der Waals surface area (Å²) in [6.45, 7) is 3.45. The molecule has 1 aliphatic rings. The summed E-state index contributed by atoms with van der Waals surface area (Å²) in [5.41, 5.74) is 7.94. The van der Waals surface area contributed by atoms with Gasteiger partial charge in [0.2, 0.25) is 5.91 Å². The standard InChI is InChI=1S/C20H23N3O2/c1-14-13-23(18(14)16-7-3-2-4-8-16)20(25)22-11-10-15-6-5-9-17(12-15)19(21)24/h2-9,12,14,18H,10-11,13H2,1H3,(H2,21,24)(H,22,25). The molecule has 0 radical (unpaired) electrons. The van der Waals surface area contributed by atoms with E-state index in [1.807, 2.05) is 29.2 Å². The monoisotopic (exact) mass is 337 g/mol. The molecule has 1 fully saturated rings. The van der Waals surface area contributed by atoms with Crippen LogP contribution in [-0.2, 0) is 6.42 Å². The molecular formula is C20H23N3O2. The van der Waals surface area contributed by atoms with Crippen molar-refractivity contribution in [3.63, 3.8) is 0 Å². The summed E-state index contributed by atoms with van der Waals surface area (Å²) >= 11 is 0. The second kappa shape index (κ2) is 7.38. The Bertz CT molecular complexity index is 761. The first-order valence-corrected chi connectivity index (χ1v) is 8.54. The third-order valence-corrected chi connectivity index (χ3v) is 4.66. The number of carbonyl (C=O) groups is 2. The molecule has 0 spiro atoms. The zero-order valence-corrected chi connectivity index (χ0v) is 14.3. The summed E-state index contributed by atoms with van der Waals surface area (Å²) in [4.78, 5) is 25.6. The number of amides is 3. The van der Waals surface area contributed by atoms with Gasteiger partial charge in [-0.25, -0.2) is 4.79 Å². The molecule has 5 nitrogen and oxygen atoms in total. The molecule has 1 heterocycles. The molecule has 5 heteroatoms. The molecule has 3 amide bonds. The summed E-state index contributed by atoms with van der Waals surface area (Å²) in [6.07, 6.45) is 0.659. The lowest BCUT2D eigenvalue weighted by molar-refractivity contribution is 0.0594. The number of hydrogen-bond acceptors (Lipinski definition) is 2. The summed E-state index contributed by atoms with van der Waals surface area (Å²) in [5, 5.41) is 2.97. The number of rotatable bonds is 5. The minimum atomic E-state index is -0.439. The van der Waals surface area contributed by atoms with Crippen LogP contribution in [0.2, 0.25) is 0 Å². The molecule has 1 aliphatic heterocycles. The Morgan fingerprint density at radius 2 is 1.92 bits per heavy atom. The number of hydrogen-bond donors (Lipinski definition) is 2. The van der Waals surface area contributed by atoms with Crippen LogP contribution < -0.4 is 11.1 Å². The molecule has 130 valence electrons. The van der Waals surface area contributed by atoms with Crippen LogP contribution in [0.5, 0.6) is 0 Å². The Hall–Kier alpha value is -2.82. The summed E-state index contributed by atoms with van der Waals surface area (Å²) in [5.74, 6) is 0.0200. The molecule has 0 saturated carbocycles. The third kappa shape index (κ3) is 3.82. The van der Waals surface area contributed by atoms with Gasteiger partial charge in [0.1, 0.15) is 0 Å². The van der Waals surface area contributed by atoms with Crippen LogP contribution >= 0.6 is 0 Å². The van der Waals surface area contributed by atoms with Crippen molar-refractivity contribution in [2.45, 2.75) is 19.4 Å². The first kappa shape index (κ1) is 17.0. The van der Waals surface area contributed by atoms with Gasteiger partial charge in [0, 0.05) is 18.7 Å². The molecular weight excluding hydrogens is 314 g/mol. The molecule has 25 heavy (non-hydrogen) atoms. The van der Waals surface area contributed by atoms with Gasteiger partial charge in [0.15, 0.2) is 0 Å². The fourth-order valence-corrected chi connectivity index (χ4v) is 3.36. The highest BCUT2D eigenvalue weighted by molar-refractivity contribution is 5.92. The number of nitrogens with zero attached hydrogens (tertiary/aromatic N) is 1. The zero-order valence-electron chi connectivity index (χ0n) is 14.3. The van der Waals surface area contributed by atoms with Crippen molar-refractivity contribution >= 4 is 11.9 Å². The van der Waals surface area contributed by atoms with E-state index in [0.29, 0.717) is 24.4 Å². The largest absolute Gasteiger partial charge is 0.366 e. The molecule has 0 bridgehead atoms. The normalized spacial score (nSPS) is 19.2. The highest BCUT2D eigenvalue weighted by atomic mass is 16.2. The molecule has 3 rings (SSSR count). The van der Waals surface area contributed by atoms with Gasteiger partial charge in [-0.1, -0.05) is 49.4 Å². The maximum absolute atomic E-state index is 12.5. The smallest absolute Gasteiger partial charge is 0.317 e. The molecule has 0 aromatic heterocycles. The van der Waals surface area contributed by atoms with Crippen molar-refractivity contribution in [3.05, 3.63) is 71.3 Å². The number of nitrogens with two attached hydrogens (primary N) is 1. The van der Waals surface area contributed by atoms with Gasteiger partial charge in [-0.2, -0.15) is 0 Å². The molecule has 3 N–H and O–H groups in total. The van der Waals surface area contributed by atoms with Crippen molar-refractivity contribution in [2.75, 3.05) is 13.1 Å². The Kier molecular flexibility index (Phi) is 5.03. The van der Waals surface area contributed by atoms with Crippen molar-refractivity contribution in [1.82, 2.24) is 10.2 Å². The van der Waals surface area contributed by atoms with Crippen molar-refractivity contribution in [1.29, 1.82) is 0 Å². The van der Waals surface area contributed by atoms with E-state index in [4.69, 9.17) is 5.73 Å². The quantitative estimate of drug-likeness (QED) is 0.880. The van der Waals surface area contributed by atoms with Crippen LogP contribution in [-0.4, -0.2) is 29.9 Å². The van der Waals surface area contributed by atoms with Crippen LogP contribution in [0.4, 0.5) is 4.79 Å². The van der Waals surface area contributed by atoms with Gasteiger partial charge < -0.3 is 16.0 Å². The predicted molar refractivity (Wildman–Crippen MR) is 97.1 cm³/mol. The van der Waals surface area contributed by atoms with Gasteiger partial charge in [-0.15, -0.1) is 0 Å². The van der Waals surface area contributed by atoms with Crippen LogP contribution in [0.3, 0.4) is 0 Å². The van der Waals surface area contributed by atoms with E-state index in [0.717, 1.165) is 12.1 Å². The SMILES string of the molecule is CC1CN(C(=O)NCCc2cccc(C(N)=O)c2)C1c1ccccc1. The van der Waals surface area contributed by atoms with Gasteiger partial charge >= 0.3 is 6.03 Å². The predicted octanol–water partition coefficient (Wildman–Crippen LogP) is 2.73. The number of carbonyl (C=O) groups excluding carboxylic acids is 2. The van der Waals surface area contributed by atoms with Crippen LogP contribution in [0.25, 0.3) is 0 Å². The van der Waals surface area contributed by atoms with Gasteiger partial charge in [-0.05, 0) is 35.6 Å². The Morgan fingerprint density at radius 3 is 2.60 bits per heavy atom. The number of urea groups is 1. The number of likely N-dealkylation sites (tertiary alicyclic amines) is 1. The number of benzene rings is 2. The molecule has 2 aromatic carbocycles. The molecule has 0 aliphatic carbocycles. The van der Waals surface area contributed by atoms with E-state index >= 15 is 0 Å². The van der Waals surface area contributed by atoms with E-state index in [9.17, 15) is 9.59 Å². The van der Waals surface area contributed by atoms with E-state index in [1.54, 1.807) is 18.2 Å². The highest BCUT2D eigenvalue weighted by Gasteiger charge is 2.39. The van der Waals surface area contributed by atoms with Crippen molar-refractivity contribution < 1.29 is 9.59 Å². The second-order valence-corrected chi connectivity index (χ2v) is 6.53. The summed E-state index contributed by atoms with van der Waals surface area (Å²) in [7, 11) is 0. The highest BCUT2D eigenvalue weighted by Crippen LogP contribution is 2.38. The lowest BCUT2D eigenvalue weighted by Gasteiger charge is -2.46. The summed E-state index contributed by atoms with van der Waals surface area (Å²) in [6, 6.07) is 17.4. The minimum Gasteiger partial charge on any atom is -0.366 e. The van der Waals surface area contributed by atoms with Gasteiger partial charge in [0.25, 0.3) is 0 Å². The molecule has 1 saturated heterocycles. The Balaban J connectivity index is 1.54. The Morgan fingerprint density at radius 1 is 1.16 bits per heavy atom. The summed E-state index contributed by atoms with van der Waals surface area (Å²) < 4.78 is 0. The minimum absolute atomic E-state index is 0.0435. The fourth-order valence-electron chi connectivity index (χ4n) is 3.36. The van der Waals surface area contributed by atoms with Gasteiger partial charge in [-0.3, -0.25) is 4.79 Å². The number of nitrogens with one attached hydrogen (secondary N) is 1. The lowest BCUT2D eigenvalue weighted by Crippen LogP contribution is -2.55. The van der Waals surface area contributed by atoms with Crippen LogP contribution in [0, 0.1) is 5.92 Å². The average Bonchev–Trinajstić information content (AvgIpc) is 2.60. The lowest BCUT2D eigenvalue weighted by atomic mass is 9.85. The first-order chi connectivity index (χ1) is 12.1. The molecule has 2 aromatic rings. The maximum Gasteiger partial charge on any atom is 0.317 e. The maximum atomic E-state index is 12.5. The number of primary amides is 1. The first-order valence-electron chi connectivity index (χ1n) is 8.54. The fraction of sp³-hybridized carbons (Fsp3) is 0.300. The van der Waals surface area contributed by atoms with Gasteiger partial charge in [0.05, 0.1) is 6.04 Å². The van der Waals surface area contributed by atoms with E-state index in [-0.39, 0.29) is 12.1 Å². The van der Waals surface area contributed by atoms with E-state index in [2.05, 4.69) is 24.4 Å². The third-order valence-electron chi connectivity index (χ3n) is 4.66. The van der Waals surface area contributed by atoms with Crippen LogP contribution in [0.15, 0.2) is 54.6 Å². The molecule has 2 atom stereocenters. The van der Waals surface area contributed by atoms with E-state index < -0.39 is 5.91 Å².